The molecule has 1 fully saturated rings. The molecule has 5 nitrogen and oxygen atoms in total. The van der Waals surface area contributed by atoms with E-state index < -0.39 is 30.8 Å². The van der Waals surface area contributed by atoms with Crippen LogP contribution in [0.2, 0.25) is 0 Å². The first-order valence-corrected chi connectivity index (χ1v) is 7.61. The zero-order valence-electron chi connectivity index (χ0n) is 13.4. The Balaban J connectivity index is 0.00000288. The molecule has 2 amide bonds. The average molecular weight is 362 g/mol. The van der Waals surface area contributed by atoms with E-state index in [1.807, 2.05) is 31.2 Å². The molecule has 0 bridgehead atoms. The van der Waals surface area contributed by atoms with E-state index in [1.54, 1.807) is 0 Å². The number of nitrogens with one attached hydrogen (secondary N) is 1. The molecule has 0 spiro atoms. The molecule has 0 saturated carbocycles. The molecule has 1 aliphatic heterocycles. The maximum absolute atomic E-state index is 13.1. The SMILES string of the molecule is CCc1ccc(N2CC(C(=O)NCC(F)(F)CN)CC2=O)cc1.Cl. The van der Waals surface area contributed by atoms with Crippen molar-refractivity contribution in [2.45, 2.75) is 25.7 Å². The lowest BCUT2D eigenvalue weighted by Crippen LogP contribution is -2.44. The van der Waals surface area contributed by atoms with Crippen LogP contribution in [0.5, 0.6) is 0 Å². The van der Waals surface area contributed by atoms with Gasteiger partial charge < -0.3 is 16.0 Å². The number of nitrogens with two attached hydrogens (primary N) is 1. The fourth-order valence-electron chi connectivity index (χ4n) is 2.48. The van der Waals surface area contributed by atoms with Crippen molar-refractivity contribution in [3.05, 3.63) is 29.8 Å². The van der Waals surface area contributed by atoms with Gasteiger partial charge in [0.15, 0.2) is 0 Å². The van der Waals surface area contributed by atoms with Gasteiger partial charge in [-0.2, -0.15) is 0 Å². The van der Waals surface area contributed by atoms with Gasteiger partial charge in [0, 0.05) is 18.7 Å². The maximum atomic E-state index is 13.1. The fraction of sp³-hybridized carbons (Fsp3) is 0.500. The van der Waals surface area contributed by atoms with Crippen LogP contribution >= 0.6 is 12.4 Å². The first-order valence-electron chi connectivity index (χ1n) is 7.61. The van der Waals surface area contributed by atoms with Crippen LogP contribution in [0.4, 0.5) is 14.5 Å². The first kappa shape index (κ1) is 20.3. The molecule has 2 rings (SSSR count). The highest BCUT2D eigenvalue weighted by Crippen LogP contribution is 2.25. The largest absolute Gasteiger partial charge is 0.350 e. The Hall–Kier alpha value is -1.73. The third kappa shape index (κ3) is 4.88. The Morgan fingerprint density at radius 3 is 2.54 bits per heavy atom. The van der Waals surface area contributed by atoms with Crippen molar-refractivity contribution in [3.8, 4) is 0 Å². The monoisotopic (exact) mass is 361 g/mol. The lowest BCUT2D eigenvalue weighted by Gasteiger charge is -2.18. The van der Waals surface area contributed by atoms with Crippen molar-refractivity contribution >= 4 is 29.9 Å². The number of benzene rings is 1. The van der Waals surface area contributed by atoms with Gasteiger partial charge in [0.1, 0.15) is 0 Å². The molecule has 3 N–H and O–H groups in total. The lowest BCUT2D eigenvalue weighted by atomic mass is 10.1. The maximum Gasteiger partial charge on any atom is 0.277 e. The molecule has 1 unspecified atom stereocenters. The molecule has 1 saturated heterocycles. The van der Waals surface area contributed by atoms with E-state index in [4.69, 9.17) is 5.73 Å². The Kier molecular flexibility index (Phi) is 7.10. The van der Waals surface area contributed by atoms with Crippen LogP contribution in [0.25, 0.3) is 0 Å². The van der Waals surface area contributed by atoms with Gasteiger partial charge in [-0.25, -0.2) is 8.78 Å². The molecule has 134 valence electrons. The first-order chi connectivity index (χ1) is 10.9. The van der Waals surface area contributed by atoms with E-state index in [1.165, 1.54) is 4.90 Å². The normalized spacial score (nSPS) is 17.6. The number of carbonyl (C=O) groups excluding carboxylic acids is 2. The van der Waals surface area contributed by atoms with Crippen LogP contribution < -0.4 is 16.0 Å². The molecule has 1 atom stereocenters. The second-order valence-electron chi connectivity index (χ2n) is 5.70. The van der Waals surface area contributed by atoms with E-state index >= 15 is 0 Å². The lowest BCUT2D eigenvalue weighted by molar-refractivity contribution is -0.127. The minimum atomic E-state index is -3.13. The summed E-state index contributed by atoms with van der Waals surface area (Å²) in [6, 6.07) is 7.52. The number of alkyl halides is 2. The van der Waals surface area contributed by atoms with Crippen molar-refractivity contribution in [1.82, 2.24) is 5.32 Å². The number of hydrogen-bond donors (Lipinski definition) is 2. The molecule has 0 aliphatic carbocycles. The molecule has 0 aromatic heterocycles. The van der Waals surface area contributed by atoms with Crippen molar-refractivity contribution < 1.29 is 18.4 Å². The smallest absolute Gasteiger partial charge is 0.277 e. The van der Waals surface area contributed by atoms with Gasteiger partial charge in [-0.05, 0) is 24.1 Å². The van der Waals surface area contributed by atoms with Crippen LogP contribution in [0.15, 0.2) is 24.3 Å². The van der Waals surface area contributed by atoms with Gasteiger partial charge in [0.25, 0.3) is 5.92 Å². The molecule has 1 aliphatic rings. The van der Waals surface area contributed by atoms with Crippen LogP contribution in [-0.4, -0.2) is 37.4 Å². The van der Waals surface area contributed by atoms with Gasteiger partial charge in [-0.1, -0.05) is 19.1 Å². The summed E-state index contributed by atoms with van der Waals surface area (Å²) in [5.41, 5.74) is 6.80. The predicted molar refractivity (Wildman–Crippen MR) is 90.5 cm³/mol. The number of halogens is 3. The van der Waals surface area contributed by atoms with Crippen LogP contribution in [0, 0.1) is 5.92 Å². The van der Waals surface area contributed by atoms with Crippen LogP contribution in [0.3, 0.4) is 0 Å². The molecule has 8 heteroatoms. The standard InChI is InChI=1S/C16H21F2N3O2.ClH/c1-2-11-3-5-13(6-4-11)21-8-12(7-14(21)22)15(23)20-10-16(17,18)9-19;/h3-6,12H,2,7-10,19H2,1H3,(H,20,23);1H. The zero-order valence-corrected chi connectivity index (χ0v) is 14.2. The number of carbonyl (C=O) groups is 2. The summed E-state index contributed by atoms with van der Waals surface area (Å²) in [4.78, 5) is 25.6. The number of rotatable bonds is 6. The Bertz CT molecular complexity index is 581. The molecule has 1 aromatic rings. The molecule has 24 heavy (non-hydrogen) atoms. The van der Waals surface area contributed by atoms with Gasteiger partial charge in [-0.3, -0.25) is 9.59 Å². The minimum Gasteiger partial charge on any atom is -0.350 e. The van der Waals surface area contributed by atoms with E-state index in [0.717, 1.165) is 17.7 Å². The number of anilines is 1. The second kappa shape index (κ2) is 8.39. The van der Waals surface area contributed by atoms with Gasteiger partial charge in [0.05, 0.1) is 19.0 Å². The highest BCUT2D eigenvalue weighted by Gasteiger charge is 2.36. The van der Waals surface area contributed by atoms with E-state index in [0.29, 0.717) is 0 Å². The Morgan fingerprint density at radius 2 is 2.00 bits per heavy atom. The number of hydrogen-bond acceptors (Lipinski definition) is 3. The number of aryl methyl sites for hydroxylation is 1. The summed E-state index contributed by atoms with van der Waals surface area (Å²) >= 11 is 0. The van der Waals surface area contributed by atoms with Crippen molar-refractivity contribution in [2.75, 3.05) is 24.5 Å². The van der Waals surface area contributed by atoms with Crippen molar-refractivity contribution in [2.24, 2.45) is 11.7 Å². The Labute approximate surface area is 146 Å². The molecule has 1 heterocycles. The third-order valence-corrected chi connectivity index (χ3v) is 3.97. The summed E-state index contributed by atoms with van der Waals surface area (Å²) in [6.07, 6.45) is 0.921. The second-order valence-corrected chi connectivity index (χ2v) is 5.70. The van der Waals surface area contributed by atoms with E-state index in [-0.39, 0.29) is 31.3 Å². The predicted octanol–water partition coefficient (Wildman–Crippen LogP) is 1.73. The Morgan fingerprint density at radius 1 is 1.38 bits per heavy atom. The van der Waals surface area contributed by atoms with E-state index in [2.05, 4.69) is 5.32 Å². The summed E-state index contributed by atoms with van der Waals surface area (Å²) in [7, 11) is 0. The summed E-state index contributed by atoms with van der Waals surface area (Å²) in [5.74, 6) is -4.48. The fourth-order valence-corrected chi connectivity index (χ4v) is 2.48. The van der Waals surface area contributed by atoms with Gasteiger partial charge >= 0.3 is 0 Å². The van der Waals surface area contributed by atoms with Crippen molar-refractivity contribution in [3.63, 3.8) is 0 Å². The quantitative estimate of drug-likeness (QED) is 0.810. The van der Waals surface area contributed by atoms with Crippen LogP contribution in [-0.2, 0) is 16.0 Å². The van der Waals surface area contributed by atoms with Crippen molar-refractivity contribution in [1.29, 1.82) is 0 Å². The third-order valence-electron chi connectivity index (χ3n) is 3.97. The summed E-state index contributed by atoms with van der Waals surface area (Å²) in [6.45, 7) is 0.600. The van der Waals surface area contributed by atoms with E-state index in [9.17, 15) is 18.4 Å². The van der Waals surface area contributed by atoms with Gasteiger partial charge in [-0.15, -0.1) is 12.4 Å². The summed E-state index contributed by atoms with van der Waals surface area (Å²) in [5, 5.41) is 2.18. The summed E-state index contributed by atoms with van der Waals surface area (Å²) < 4.78 is 26.1. The van der Waals surface area contributed by atoms with Gasteiger partial charge in [0.2, 0.25) is 11.8 Å². The topological polar surface area (TPSA) is 75.4 Å². The zero-order chi connectivity index (χ0) is 17.0. The highest BCUT2D eigenvalue weighted by molar-refractivity contribution is 6.00. The molecule has 1 aromatic carbocycles. The molecule has 0 radical (unpaired) electrons. The van der Waals surface area contributed by atoms with Crippen LogP contribution in [0.1, 0.15) is 18.9 Å². The minimum absolute atomic E-state index is 0. The average Bonchev–Trinajstić information content (AvgIpc) is 2.94. The number of amides is 2. The molecular formula is C16H22ClF2N3O2. The number of nitrogens with zero attached hydrogens (tertiary/aromatic N) is 1. The highest BCUT2D eigenvalue weighted by atomic mass is 35.5. The molecular weight excluding hydrogens is 340 g/mol.